The molecule has 2 rings (SSSR count). The van der Waals surface area contributed by atoms with Crippen LogP contribution in [-0.4, -0.2) is 16.1 Å². The fourth-order valence-electron chi connectivity index (χ4n) is 1.76. The van der Waals surface area contributed by atoms with Gasteiger partial charge in [0.05, 0.1) is 11.3 Å². The van der Waals surface area contributed by atoms with Crippen molar-refractivity contribution in [2.24, 2.45) is 0 Å². The van der Waals surface area contributed by atoms with Crippen LogP contribution in [0.2, 0.25) is 5.02 Å². The highest BCUT2D eigenvalue weighted by atomic mass is 35.5. The summed E-state index contributed by atoms with van der Waals surface area (Å²) in [4.78, 5) is 15.4. The fourth-order valence-corrected chi connectivity index (χ4v) is 1.92. The molecule has 0 aliphatic heterocycles. The zero-order chi connectivity index (χ0) is 15.6. The first kappa shape index (κ1) is 15.3. The Morgan fingerprint density at radius 1 is 1.33 bits per heavy atom. The summed E-state index contributed by atoms with van der Waals surface area (Å²) in [6, 6.07) is 7.06. The molecule has 4 nitrogen and oxygen atoms in total. The van der Waals surface area contributed by atoms with Gasteiger partial charge in [0.15, 0.2) is 0 Å². The molecule has 0 atom stereocenters. The zero-order valence-corrected chi connectivity index (χ0v) is 12.3. The number of nitrogens with one attached hydrogen (secondary N) is 1. The van der Waals surface area contributed by atoms with Crippen molar-refractivity contribution in [3.63, 3.8) is 0 Å². The molecule has 0 unspecified atom stereocenters. The molecule has 110 valence electrons. The number of pyridine rings is 1. The lowest BCUT2D eigenvalue weighted by atomic mass is 10.1. The number of hydrogen-bond donors (Lipinski definition) is 2. The predicted molar refractivity (Wildman–Crippen MR) is 80.0 cm³/mol. The van der Waals surface area contributed by atoms with Crippen molar-refractivity contribution < 1.29 is 14.3 Å². The maximum absolute atomic E-state index is 13.8. The third-order valence-electron chi connectivity index (χ3n) is 2.88. The van der Waals surface area contributed by atoms with Crippen molar-refractivity contribution in [1.29, 1.82) is 0 Å². The number of carbonyl (C=O) groups is 1. The van der Waals surface area contributed by atoms with Crippen molar-refractivity contribution in [1.82, 2.24) is 4.98 Å². The lowest BCUT2D eigenvalue weighted by molar-refractivity contribution is 0.0696. The van der Waals surface area contributed by atoms with Gasteiger partial charge in [0, 0.05) is 10.7 Å². The molecule has 1 aromatic carbocycles. The molecule has 6 heteroatoms. The standard InChI is InChI=1S/C15H14ClFN2O2/c1-8(2)13-5-9(15(20)21)6-14(19-13)18-12-4-3-10(16)7-11(12)17/h3-8H,1-2H3,(H,18,19)(H,20,21). The first-order chi connectivity index (χ1) is 9.86. The smallest absolute Gasteiger partial charge is 0.335 e. The summed E-state index contributed by atoms with van der Waals surface area (Å²) in [6.45, 7) is 3.81. The number of aromatic nitrogens is 1. The van der Waals surface area contributed by atoms with Crippen LogP contribution in [-0.2, 0) is 0 Å². The number of anilines is 2. The topological polar surface area (TPSA) is 62.2 Å². The van der Waals surface area contributed by atoms with Crippen molar-refractivity contribution >= 4 is 29.1 Å². The summed E-state index contributed by atoms with van der Waals surface area (Å²) in [5, 5.41) is 12.2. The van der Waals surface area contributed by atoms with Gasteiger partial charge in [-0.2, -0.15) is 0 Å². The number of halogens is 2. The molecule has 2 aromatic rings. The van der Waals surface area contributed by atoms with E-state index in [9.17, 15) is 9.18 Å². The van der Waals surface area contributed by atoms with Gasteiger partial charge in [0.2, 0.25) is 0 Å². The summed E-state index contributed by atoms with van der Waals surface area (Å²) in [6.07, 6.45) is 0. The molecule has 0 amide bonds. The van der Waals surface area contributed by atoms with Gasteiger partial charge in [-0.25, -0.2) is 14.2 Å². The van der Waals surface area contributed by atoms with E-state index < -0.39 is 11.8 Å². The van der Waals surface area contributed by atoms with Crippen LogP contribution >= 0.6 is 11.6 Å². The molecule has 0 bridgehead atoms. The van der Waals surface area contributed by atoms with E-state index in [2.05, 4.69) is 10.3 Å². The van der Waals surface area contributed by atoms with E-state index in [0.29, 0.717) is 5.69 Å². The minimum absolute atomic E-state index is 0.0555. The lowest BCUT2D eigenvalue weighted by Gasteiger charge is -2.12. The van der Waals surface area contributed by atoms with Crippen LogP contribution in [0.5, 0.6) is 0 Å². The maximum Gasteiger partial charge on any atom is 0.335 e. The van der Waals surface area contributed by atoms with Crippen molar-refractivity contribution in [3.8, 4) is 0 Å². The summed E-state index contributed by atoms with van der Waals surface area (Å²) < 4.78 is 13.8. The largest absolute Gasteiger partial charge is 0.478 e. The molecule has 0 fully saturated rings. The number of carboxylic acids is 1. The van der Waals surface area contributed by atoms with Gasteiger partial charge in [0.1, 0.15) is 11.6 Å². The SMILES string of the molecule is CC(C)c1cc(C(=O)O)cc(Nc2ccc(Cl)cc2F)n1. The van der Waals surface area contributed by atoms with Gasteiger partial charge in [0.25, 0.3) is 0 Å². The van der Waals surface area contributed by atoms with Crippen LogP contribution in [0, 0.1) is 5.82 Å². The molecular weight excluding hydrogens is 295 g/mol. The summed E-state index contributed by atoms with van der Waals surface area (Å²) in [7, 11) is 0. The van der Waals surface area contributed by atoms with Gasteiger partial charge in [-0.3, -0.25) is 0 Å². The number of aromatic carboxylic acids is 1. The van der Waals surface area contributed by atoms with E-state index in [4.69, 9.17) is 16.7 Å². The molecule has 0 saturated carbocycles. The molecule has 2 N–H and O–H groups in total. The highest BCUT2D eigenvalue weighted by Gasteiger charge is 2.12. The van der Waals surface area contributed by atoms with Gasteiger partial charge in [-0.1, -0.05) is 25.4 Å². The highest BCUT2D eigenvalue weighted by molar-refractivity contribution is 6.30. The third kappa shape index (κ3) is 3.70. The van der Waals surface area contributed by atoms with Crippen LogP contribution in [0.15, 0.2) is 30.3 Å². The number of nitrogens with zero attached hydrogens (tertiary/aromatic N) is 1. The van der Waals surface area contributed by atoms with Crippen molar-refractivity contribution in [3.05, 3.63) is 52.4 Å². The fraction of sp³-hybridized carbons (Fsp3) is 0.200. The van der Waals surface area contributed by atoms with Gasteiger partial charge >= 0.3 is 5.97 Å². The Balaban J connectivity index is 2.41. The van der Waals surface area contributed by atoms with Crippen molar-refractivity contribution in [2.45, 2.75) is 19.8 Å². The minimum Gasteiger partial charge on any atom is -0.478 e. The Kier molecular flexibility index (Phi) is 4.43. The summed E-state index contributed by atoms with van der Waals surface area (Å²) in [5.41, 5.74) is 0.904. The second-order valence-electron chi connectivity index (χ2n) is 4.87. The number of rotatable bonds is 4. The molecule has 0 saturated heterocycles. The molecule has 0 aliphatic carbocycles. The highest BCUT2D eigenvalue weighted by Crippen LogP contribution is 2.24. The Hall–Kier alpha value is -2.14. The first-order valence-electron chi connectivity index (χ1n) is 6.34. The van der Waals surface area contributed by atoms with Crippen LogP contribution in [0.25, 0.3) is 0 Å². The summed E-state index contributed by atoms with van der Waals surface area (Å²) >= 11 is 5.69. The number of benzene rings is 1. The van der Waals surface area contributed by atoms with Crippen LogP contribution in [0.4, 0.5) is 15.9 Å². The normalized spacial score (nSPS) is 10.7. The van der Waals surface area contributed by atoms with Crippen molar-refractivity contribution in [2.75, 3.05) is 5.32 Å². The van der Waals surface area contributed by atoms with Crippen LogP contribution in [0.3, 0.4) is 0 Å². The average molecular weight is 309 g/mol. The van der Waals surface area contributed by atoms with E-state index >= 15 is 0 Å². The lowest BCUT2D eigenvalue weighted by Crippen LogP contribution is -2.05. The van der Waals surface area contributed by atoms with E-state index in [1.54, 1.807) is 0 Å². The summed E-state index contributed by atoms with van der Waals surface area (Å²) in [5.74, 6) is -1.25. The number of carboxylic acid groups (broad SMARTS) is 1. The predicted octanol–water partition coefficient (Wildman–Crippen LogP) is 4.44. The van der Waals surface area contributed by atoms with E-state index in [1.807, 2.05) is 13.8 Å². The van der Waals surface area contributed by atoms with E-state index in [0.717, 1.165) is 0 Å². The monoisotopic (exact) mass is 308 g/mol. The second kappa shape index (κ2) is 6.10. The van der Waals surface area contributed by atoms with Gasteiger partial charge in [-0.05, 0) is 36.2 Å². The molecule has 0 aliphatic rings. The van der Waals surface area contributed by atoms with E-state index in [1.165, 1.54) is 30.3 Å². The Morgan fingerprint density at radius 3 is 2.62 bits per heavy atom. The van der Waals surface area contributed by atoms with Gasteiger partial charge in [-0.15, -0.1) is 0 Å². The minimum atomic E-state index is -1.06. The Morgan fingerprint density at radius 2 is 2.05 bits per heavy atom. The van der Waals surface area contributed by atoms with E-state index in [-0.39, 0.29) is 28.0 Å². The first-order valence-corrected chi connectivity index (χ1v) is 6.72. The van der Waals surface area contributed by atoms with Crippen LogP contribution in [0.1, 0.15) is 35.8 Å². The molecule has 21 heavy (non-hydrogen) atoms. The second-order valence-corrected chi connectivity index (χ2v) is 5.31. The third-order valence-corrected chi connectivity index (χ3v) is 3.11. The molecule has 0 spiro atoms. The quantitative estimate of drug-likeness (QED) is 0.876. The number of hydrogen-bond acceptors (Lipinski definition) is 3. The average Bonchev–Trinajstić information content (AvgIpc) is 2.41. The Bertz CT molecular complexity index is 689. The molecule has 0 radical (unpaired) electrons. The molecular formula is C15H14ClFN2O2. The maximum atomic E-state index is 13.8. The zero-order valence-electron chi connectivity index (χ0n) is 11.5. The van der Waals surface area contributed by atoms with Crippen LogP contribution < -0.4 is 5.32 Å². The van der Waals surface area contributed by atoms with Gasteiger partial charge < -0.3 is 10.4 Å². The Labute approximate surface area is 126 Å². The molecule has 1 aromatic heterocycles. The molecule has 1 heterocycles.